The quantitative estimate of drug-likeness (QED) is 0.255. The summed E-state index contributed by atoms with van der Waals surface area (Å²) in [6.07, 6.45) is 0. The first kappa shape index (κ1) is 21.5. The monoisotopic (exact) mass is 483 g/mol. The van der Waals surface area contributed by atoms with E-state index in [1.54, 1.807) is 0 Å². The highest BCUT2D eigenvalue weighted by molar-refractivity contribution is 6.12. The Labute approximate surface area is 217 Å². The lowest BCUT2D eigenvalue weighted by molar-refractivity contribution is 1.16. The van der Waals surface area contributed by atoms with Crippen molar-refractivity contribution in [1.82, 2.24) is 9.13 Å². The van der Waals surface area contributed by atoms with Crippen LogP contribution < -0.4 is 0 Å². The molecule has 0 spiro atoms. The number of nitrogens with zero attached hydrogens (tertiary/aromatic N) is 5. The van der Waals surface area contributed by atoms with Gasteiger partial charge in [-0.25, -0.2) is 0 Å². The molecule has 0 unspecified atom stereocenters. The zero-order valence-electron chi connectivity index (χ0n) is 20.1. The lowest BCUT2D eigenvalue weighted by atomic mass is 10.1. The van der Waals surface area contributed by atoms with Gasteiger partial charge in [0.05, 0.1) is 57.0 Å². The van der Waals surface area contributed by atoms with Gasteiger partial charge in [-0.1, -0.05) is 18.2 Å². The highest BCUT2D eigenvalue weighted by Gasteiger charge is 2.17. The molecule has 0 radical (unpaired) electrons. The molecule has 2 aromatic heterocycles. The predicted octanol–water partition coefficient (Wildman–Crippen LogP) is 7.50. The molecule has 0 saturated carbocycles. The van der Waals surface area contributed by atoms with E-state index in [-0.39, 0.29) is 0 Å². The summed E-state index contributed by atoms with van der Waals surface area (Å²) in [6.45, 7) is 0. The number of nitriles is 3. The smallest absolute Gasteiger partial charge is 0.0991 e. The summed E-state index contributed by atoms with van der Waals surface area (Å²) < 4.78 is 4.39. The minimum atomic E-state index is 0.600. The van der Waals surface area contributed by atoms with Crippen LogP contribution in [-0.4, -0.2) is 9.13 Å². The Balaban J connectivity index is 1.56. The third-order valence-electron chi connectivity index (χ3n) is 7.19. The van der Waals surface area contributed by atoms with Crippen molar-refractivity contribution in [3.63, 3.8) is 0 Å². The summed E-state index contributed by atoms with van der Waals surface area (Å²) in [7, 11) is 0. The molecular formula is C33H17N5. The Morgan fingerprint density at radius 2 is 0.842 bits per heavy atom. The highest BCUT2D eigenvalue weighted by atomic mass is 15.0. The Morgan fingerprint density at radius 1 is 0.395 bits per heavy atom. The van der Waals surface area contributed by atoms with Crippen LogP contribution in [0.2, 0.25) is 0 Å². The van der Waals surface area contributed by atoms with Gasteiger partial charge in [0, 0.05) is 32.9 Å². The summed E-state index contributed by atoms with van der Waals surface area (Å²) in [5, 5.41) is 32.5. The Morgan fingerprint density at radius 3 is 1.47 bits per heavy atom. The average Bonchev–Trinajstić information content (AvgIpc) is 3.48. The number of rotatable bonds is 2. The van der Waals surface area contributed by atoms with Crippen LogP contribution in [0.5, 0.6) is 0 Å². The molecule has 38 heavy (non-hydrogen) atoms. The van der Waals surface area contributed by atoms with Crippen LogP contribution in [0.4, 0.5) is 0 Å². The largest absolute Gasteiger partial charge is 0.309 e. The maximum Gasteiger partial charge on any atom is 0.0991 e. The fourth-order valence-electron chi connectivity index (χ4n) is 5.50. The summed E-state index contributed by atoms with van der Waals surface area (Å²) in [4.78, 5) is 0. The van der Waals surface area contributed by atoms with Crippen LogP contribution in [0.1, 0.15) is 16.7 Å². The van der Waals surface area contributed by atoms with Crippen molar-refractivity contribution in [2.75, 3.05) is 0 Å². The SMILES string of the molecule is N#Cc1ccc(-n2c3ccc(C#N)cc3c3cc(-n4c5ccccc5c5cc(C#N)ccc54)ccc32)cc1. The average molecular weight is 484 g/mol. The van der Waals surface area contributed by atoms with E-state index in [2.05, 4.69) is 57.7 Å². The molecule has 0 fully saturated rings. The molecule has 5 heteroatoms. The summed E-state index contributed by atoms with van der Waals surface area (Å²) >= 11 is 0. The molecular weight excluding hydrogens is 466 g/mol. The van der Waals surface area contributed by atoms with Crippen molar-refractivity contribution < 1.29 is 0 Å². The molecule has 7 aromatic rings. The summed E-state index contributed by atoms with van der Waals surface area (Å²) in [5.74, 6) is 0. The first-order valence-corrected chi connectivity index (χ1v) is 12.1. The standard InChI is InChI=1S/C33H17N5/c34-18-21-5-9-24(10-6-21)37-32-13-8-23(20-36)16-28(32)29-17-25(11-14-33(29)37)38-30-4-2-1-3-26(30)27-15-22(19-35)7-12-31(27)38/h1-17H. The summed E-state index contributed by atoms with van der Waals surface area (Å²) in [5.41, 5.74) is 7.86. The van der Waals surface area contributed by atoms with E-state index in [4.69, 9.17) is 0 Å². The minimum absolute atomic E-state index is 0.600. The van der Waals surface area contributed by atoms with Crippen LogP contribution in [0, 0.1) is 34.0 Å². The van der Waals surface area contributed by atoms with Gasteiger partial charge in [-0.15, -0.1) is 0 Å². The van der Waals surface area contributed by atoms with Crippen LogP contribution in [0.3, 0.4) is 0 Å². The van der Waals surface area contributed by atoms with Gasteiger partial charge in [-0.3, -0.25) is 0 Å². The van der Waals surface area contributed by atoms with Crippen molar-refractivity contribution in [2.45, 2.75) is 0 Å². The molecule has 7 rings (SSSR count). The molecule has 0 N–H and O–H groups in total. The van der Waals surface area contributed by atoms with Crippen molar-refractivity contribution in [3.05, 3.63) is 120 Å². The third-order valence-corrected chi connectivity index (χ3v) is 7.19. The molecule has 0 amide bonds. The highest BCUT2D eigenvalue weighted by Crippen LogP contribution is 2.37. The second-order valence-corrected chi connectivity index (χ2v) is 9.24. The van der Waals surface area contributed by atoms with Gasteiger partial charge < -0.3 is 9.13 Å². The van der Waals surface area contributed by atoms with E-state index < -0.39 is 0 Å². The van der Waals surface area contributed by atoms with Gasteiger partial charge in [0.1, 0.15) is 0 Å². The zero-order valence-corrected chi connectivity index (χ0v) is 20.1. The fraction of sp³-hybridized carbons (Fsp3) is 0. The van der Waals surface area contributed by atoms with E-state index >= 15 is 0 Å². The number of hydrogen-bond acceptors (Lipinski definition) is 3. The molecule has 0 aliphatic carbocycles. The van der Waals surface area contributed by atoms with E-state index in [9.17, 15) is 15.8 Å². The number of aromatic nitrogens is 2. The van der Waals surface area contributed by atoms with Crippen LogP contribution in [0.15, 0.2) is 103 Å². The van der Waals surface area contributed by atoms with Crippen LogP contribution >= 0.6 is 0 Å². The number of fused-ring (bicyclic) bond motifs is 6. The van der Waals surface area contributed by atoms with Gasteiger partial charge in [0.15, 0.2) is 0 Å². The number of benzene rings is 5. The minimum Gasteiger partial charge on any atom is -0.309 e. The molecule has 0 aliphatic heterocycles. The van der Waals surface area contributed by atoms with Crippen molar-refractivity contribution in [2.24, 2.45) is 0 Å². The zero-order chi connectivity index (χ0) is 25.8. The van der Waals surface area contributed by atoms with E-state index in [0.29, 0.717) is 16.7 Å². The first-order valence-electron chi connectivity index (χ1n) is 12.1. The maximum absolute atomic E-state index is 9.62. The van der Waals surface area contributed by atoms with E-state index in [1.807, 2.05) is 72.8 Å². The van der Waals surface area contributed by atoms with Crippen LogP contribution in [-0.2, 0) is 0 Å². The molecule has 0 aliphatic rings. The van der Waals surface area contributed by atoms with Gasteiger partial charge in [-0.05, 0) is 84.9 Å². The molecule has 5 nitrogen and oxygen atoms in total. The first-order chi connectivity index (χ1) is 18.7. The number of hydrogen-bond donors (Lipinski definition) is 0. The fourth-order valence-corrected chi connectivity index (χ4v) is 5.50. The summed E-state index contributed by atoms with van der Waals surface area (Å²) in [6, 6.07) is 40.4. The van der Waals surface area contributed by atoms with Crippen molar-refractivity contribution in [3.8, 4) is 29.6 Å². The lowest BCUT2D eigenvalue weighted by Gasteiger charge is -2.10. The van der Waals surface area contributed by atoms with Crippen LogP contribution in [0.25, 0.3) is 55.0 Å². The predicted molar refractivity (Wildman–Crippen MR) is 149 cm³/mol. The Bertz CT molecular complexity index is 2210. The maximum atomic E-state index is 9.62. The lowest BCUT2D eigenvalue weighted by Crippen LogP contribution is -1.96. The van der Waals surface area contributed by atoms with E-state index in [1.165, 1.54) is 0 Å². The van der Waals surface area contributed by atoms with E-state index in [0.717, 1.165) is 55.0 Å². The molecule has 0 bridgehead atoms. The van der Waals surface area contributed by atoms with Gasteiger partial charge >= 0.3 is 0 Å². The van der Waals surface area contributed by atoms with Crippen molar-refractivity contribution >= 4 is 43.6 Å². The van der Waals surface area contributed by atoms with Gasteiger partial charge in [0.25, 0.3) is 0 Å². The second kappa shape index (κ2) is 8.10. The topological polar surface area (TPSA) is 81.2 Å². The second-order valence-electron chi connectivity index (χ2n) is 9.24. The molecule has 0 saturated heterocycles. The Hall–Kier alpha value is -5.83. The molecule has 174 valence electrons. The van der Waals surface area contributed by atoms with Gasteiger partial charge in [-0.2, -0.15) is 15.8 Å². The third kappa shape index (κ3) is 3.02. The van der Waals surface area contributed by atoms with Gasteiger partial charge in [0.2, 0.25) is 0 Å². The van der Waals surface area contributed by atoms with Crippen molar-refractivity contribution in [1.29, 1.82) is 15.8 Å². The number of para-hydroxylation sites is 1. The molecule has 2 heterocycles. The normalized spacial score (nSPS) is 11.1. The Kier molecular flexibility index (Phi) is 4.57. The molecule has 5 aromatic carbocycles. The molecule has 0 atom stereocenters.